The molecule has 0 radical (unpaired) electrons. The molecule has 0 unspecified atom stereocenters. The fourth-order valence-corrected chi connectivity index (χ4v) is 3.01. The van der Waals surface area contributed by atoms with Gasteiger partial charge in [-0.3, -0.25) is 0 Å². The zero-order valence-electron chi connectivity index (χ0n) is 12.0. The van der Waals surface area contributed by atoms with Crippen LogP contribution in [0.5, 0.6) is 0 Å². The quantitative estimate of drug-likeness (QED) is 0.878. The first-order chi connectivity index (χ1) is 10.2. The van der Waals surface area contributed by atoms with Crippen molar-refractivity contribution in [2.45, 2.75) is 45.1 Å². The second-order valence-corrected chi connectivity index (χ2v) is 5.75. The maximum absolute atomic E-state index is 13.6. The standard InChI is InChI=1S/C15H20FN5/c16-13-10-12(6-7-14(13)17)15-18-19-20-21(15)9-8-11-4-2-1-3-5-11/h6-7,10-11H,1-5,8-9,17H2. The minimum Gasteiger partial charge on any atom is -0.396 e. The van der Waals surface area contributed by atoms with Crippen molar-refractivity contribution in [1.82, 2.24) is 20.2 Å². The molecule has 5 nitrogen and oxygen atoms in total. The van der Waals surface area contributed by atoms with Crippen molar-refractivity contribution in [2.75, 3.05) is 5.73 Å². The molecule has 0 aliphatic heterocycles. The second kappa shape index (κ2) is 6.20. The highest BCUT2D eigenvalue weighted by Crippen LogP contribution is 2.27. The van der Waals surface area contributed by atoms with Crippen LogP contribution in [-0.2, 0) is 6.54 Å². The number of halogens is 1. The molecule has 3 rings (SSSR count). The van der Waals surface area contributed by atoms with E-state index in [9.17, 15) is 4.39 Å². The molecule has 2 aromatic rings. The van der Waals surface area contributed by atoms with Crippen LogP contribution in [0.15, 0.2) is 18.2 Å². The fourth-order valence-electron chi connectivity index (χ4n) is 3.01. The molecule has 0 bridgehead atoms. The van der Waals surface area contributed by atoms with Gasteiger partial charge in [-0.25, -0.2) is 9.07 Å². The van der Waals surface area contributed by atoms with E-state index in [4.69, 9.17) is 5.73 Å². The normalized spacial score (nSPS) is 16.2. The van der Waals surface area contributed by atoms with Crippen molar-refractivity contribution in [2.24, 2.45) is 5.92 Å². The Bertz CT molecular complexity index is 604. The summed E-state index contributed by atoms with van der Waals surface area (Å²) in [6.45, 7) is 0.777. The van der Waals surface area contributed by atoms with Gasteiger partial charge in [-0.1, -0.05) is 32.1 Å². The van der Waals surface area contributed by atoms with Crippen LogP contribution in [0.1, 0.15) is 38.5 Å². The Hall–Kier alpha value is -1.98. The summed E-state index contributed by atoms with van der Waals surface area (Å²) in [6.07, 6.45) is 7.70. The van der Waals surface area contributed by atoms with Crippen molar-refractivity contribution in [3.63, 3.8) is 0 Å². The Morgan fingerprint density at radius 2 is 2.05 bits per heavy atom. The van der Waals surface area contributed by atoms with Crippen LogP contribution in [0, 0.1) is 11.7 Å². The lowest BCUT2D eigenvalue weighted by Gasteiger charge is -2.21. The van der Waals surface area contributed by atoms with E-state index >= 15 is 0 Å². The van der Waals surface area contributed by atoms with Gasteiger partial charge in [0.25, 0.3) is 0 Å². The third kappa shape index (κ3) is 3.20. The van der Waals surface area contributed by atoms with Gasteiger partial charge in [0.2, 0.25) is 0 Å². The molecule has 0 spiro atoms. The maximum atomic E-state index is 13.6. The lowest BCUT2D eigenvalue weighted by molar-refractivity contribution is 0.318. The molecule has 1 heterocycles. The molecule has 21 heavy (non-hydrogen) atoms. The predicted molar refractivity (Wildman–Crippen MR) is 78.8 cm³/mol. The Morgan fingerprint density at radius 1 is 1.24 bits per heavy atom. The summed E-state index contributed by atoms with van der Waals surface area (Å²) in [5.74, 6) is 0.929. The number of hydrogen-bond donors (Lipinski definition) is 1. The first kappa shape index (κ1) is 14.0. The number of tetrazole rings is 1. The van der Waals surface area contributed by atoms with Crippen molar-refractivity contribution in [3.05, 3.63) is 24.0 Å². The minimum atomic E-state index is -0.436. The van der Waals surface area contributed by atoms with Gasteiger partial charge in [-0.15, -0.1) is 5.10 Å². The predicted octanol–water partition coefficient (Wildman–Crippen LogP) is 3.03. The number of nitrogens with two attached hydrogens (primary N) is 1. The van der Waals surface area contributed by atoms with Crippen LogP contribution in [0.4, 0.5) is 10.1 Å². The van der Waals surface area contributed by atoms with Gasteiger partial charge in [0.05, 0.1) is 5.69 Å². The van der Waals surface area contributed by atoms with Gasteiger partial charge < -0.3 is 5.73 Å². The van der Waals surface area contributed by atoms with Gasteiger partial charge in [-0.2, -0.15) is 0 Å². The summed E-state index contributed by atoms with van der Waals surface area (Å²) in [5, 5.41) is 11.8. The van der Waals surface area contributed by atoms with Crippen LogP contribution >= 0.6 is 0 Å². The highest BCUT2D eigenvalue weighted by Gasteiger charge is 2.16. The molecule has 6 heteroatoms. The number of aromatic nitrogens is 4. The molecule has 112 valence electrons. The highest BCUT2D eigenvalue weighted by atomic mass is 19.1. The monoisotopic (exact) mass is 289 g/mol. The SMILES string of the molecule is Nc1ccc(-c2nnnn2CCC2CCCCC2)cc1F. The zero-order valence-corrected chi connectivity index (χ0v) is 12.0. The lowest BCUT2D eigenvalue weighted by atomic mass is 9.87. The first-order valence-electron chi connectivity index (χ1n) is 7.55. The van der Waals surface area contributed by atoms with Gasteiger partial charge in [0.15, 0.2) is 5.82 Å². The van der Waals surface area contributed by atoms with E-state index in [1.165, 1.54) is 38.2 Å². The van der Waals surface area contributed by atoms with Gasteiger partial charge in [0.1, 0.15) is 5.82 Å². The second-order valence-electron chi connectivity index (χ2n) is 5.75. The van der Waals surface area contributed by atoms with E-state index < -0.39 is 5.82 Å². The van der Waals surface area contributed by atoms with Crippen molar-refractivity contribution < 1.29 is 4.39 Å². The third-order valence-electron chi connectivity index (χ3n) is 4.26. The largest absolute Gasteiger partial charge is 0.396 e. The molecule has 1 aromatic heterocycles. The van der Waals surface area contributed by atoms with E-state index in [1.54, 1.807) is 16.8 Å². The first-order valence-corrected chi connectivity index (χ1v) is 7.55. The average Bonchev–Trinajstić information content (AvgIpc) is 2.97. The molecular weight excluding hydrogens is 269 g/mol. The number of hydrogen-bond acceptors (Lipinski definition) is 4. The molecule has 0 saturated heterocycles. The van der Waals surface area contributed by atoms with Crippen LogP contribution in [0.2, 0.25) is 0 Å². The van der Waals surface area contributed by atoms with Crippen molar-refractivity contribution >= 4 is 5.69 Å². The molecule has 2 N–H and O–H groups in total. The van der Waals surface area contributed by atoms with E-state index in [1.807, 2.05) is 0 Å². The van der Waals surface area contributed by atoms with Crippen molar-refractivity contribution in [3.8, 4) is 11.4 Å². The van der Waals surface area contributed by atoms with Gasteiger partial charge in [0, 0.05) is 12.1 Å². The van der Waals surface area contributed by atoms with Crippen LogP contribution in [-0.4, -0.2) is 20.2 Å². The number of nitrogens with zero attached hydrogens (tertiary/aromatic N) is 4. The molecule has 0 amide bonds. The van der Waals surface area contributed by atoms with E-state index in [-0.39, 0.29) is 5.69 Å². The Morgan fingerprint density at radius 3 is 2.81 bits per heavy atom. The summed E-state index contributed by atoms with van der Waals surface area (Å²) in [4.78, 5) is 0. The smallest absolute Gasteiger partial charge is 0.182 e. The molecule has 1 aliphatic rings. The van der Waals surface area contributed by atoms with E-state index in [2.05, 4.69) is 15.5 Å². The van der Waals surface area contributed by atoms with E-state index in [0.29, 0.717) is 11.4 Å². The Labute approximate surface area is 123 Å². The van der Waals surface area contributed by atoms with Crippen molar-refractivity contribution in [1.29, 1.82) is 0 Å². The number of benzene rings is 1. The number of rotatable bonds is 4. The topological polar surface area (TPSA) is 69.6 Å². The van der Waals surface area contributed by atoms with Gasteiger partial charge in [-0.05, 0) is 41.0 Å². The number of anilines is 1. The van der Waals surface area contributed by atoms with Crippen LogP contribution in [0.25, 0.3) is 11.4 Å². The summed E-state index contributed by atoms with van der Waals surface area (Å²) >= 11 is 0. The van der Waals surface area contributed by atoms with Crippen LogP contribution < -0.4 is 5.73 Å². The summed E-state index contributed by atoms with van der Waals surface area (Å²) < 4.78 is 15.3. The summed E-state index contributed by atoms with van der Waals surface area (Å²) in [6, 6.07) is 4.68. The average molecular weight is 289 g/mol. The Kier molecular flexibility index (Phi) is 4.13. The number of aryl methyl sites for hydroxylation is 1. The third-order valence-corrected chi connectivity index (χ3v) is 4.26. The molecule has 1 aliphatic carbocycles. The van der Waals surface area contributed by atoms with Crippen LogP contribution in [0.3, 0.4) is 0 Å². The molecule has 1 aromatic carbocycles. The molecule has 1 saturated carbocycles. The maximum Gasteiger partial charge on any atom is 0.182 e. The number of nitrogen functional groups attached to an aromatic ring is 1. The fraction of sp³-hybridized carbons (Fsp3) is 0.533. The molecular formula is C15H20FN5. The minimum absolute atomic E-state index is 0.139. The summed E-state index contributed by atoms with van der Waals surface area (Å²) in [5.41, 5.74) is 6.30. The summed E-state index contributed by atoms with van der Waals surface area (Å²) in [7, 11) is 0. The molecule has 0 atom stereocenters. The highest BCUT2D eigenvalue weighted by molar-refractivity contribution is 5.58. The Balaban J connectivity index is 1.72. The lowest BCUT2D eigenvalue weighted by Crippen LogP contribution is -2.11. The molecule has 1 fully saturated rings. The van der Waals surface area contributed by atoms with E-state index in [0.717, 1.165) is 18.9 Å². The van der Waals surface area contributed by atoms with Gasteiger partial charge >= 0.3 is 0 Å². The zero-order chi connectivity index (χ0) is 14.7.